The van der Waals surface area contributed by atoms with E-state index in [1.54, 1.807) is 54.6 Å². The maximum atomic E-state index is 14.0. The molecule has 5 rings (SSSR count). The van der Waals surface area contributed by atoms with Crippen LogP contribution in [0.4, 0.5) is 9.18 Å². The third kappa shape index (κ3) is 5.31. The first-order valence-electron chi connectivity index (χ1n) is 11.7. The van der Waals surface area contributed by atoms with Crippen molar-refractivity contribution in [2.24, 2.45) is 0 Å². The van der Waals surface area contributed by atoms with Crippen LogP contribution in [0.2, 0.25) is 0 Å². The molecule has 198 valence electrons. The Balaban J connectivity index is 1.26. The summed E-state index contributed by atoms with van der Waals surface area (Å²) in [5, 5.41) is 7.97. The van der Waals surface area contributed by atoms with E-state index in [1.165, 1.54) is 25.3 Å². The number of hydrogen-bond acceptors (Lipinski definition) is 9. The Hall–Kier alpha value is -5.10. The van der Waals surface area contributed by atoms with Gasteiger partial charge in [-0.05, 0) is 60.7 Å². The molecule has 1 fully saturated rings. The van der Waals surface area contributed by atoms with E-state index in [0.717, 1.165) is 0 Å². The minimum atomic E-state index is -1.97. The van der Waals surface area contributed by atoms with Gasteiger partial charge in [0.2, 0.25) is 5.82 Å². The Kier molecular flexibility index (Phi) is 7.02. The van der Waals surface area contributed by atoms with Gasteiger partial charge in [-0.1, -0.05) is 17.3 Å². The Bertz CT molecular complexity index is 1500. The molecule has 1 aromatic heterocycles. The van der Waals surface area contributed by atoms with Crippen molar-refractivity contribution < 1.29 is 37.5 Å². The largest absolute Gasteiger partial charge is 0.467 e. The summed E-state index contributed by atoms with van der Waals surface area (Å²) < 4.78 is 35.9. The SMILES string of the molecule is COCCC1(Oc2ccc(Oc3ccc(-c4nc(-c5ccccc5F)no4)cc3)cc2)C(=O)NC(=O)NC1=O. The van der Waals surface area contributed by atoms with E-state index in [4.69, 9.17) is 18.7 Å². The minimum Gasteiger partial charge on any atom is -0.467 e. The van der Waals surface area contributed by atoms with E-state index in [2.05, 4.69) is 20.8 Å². The predicted molar refractivity (Wildman–Crippen MR) is 133 cm³/mol. The van der Waals surface area contributed by atoms with Gasteiger partial charge in [-0.25, -0.2) is 9.18 Å². The van der Waals surface area contributed by atoms with Crippen LogP contribution in [0.1, 0.15) is 6.42 Å². The van der Waals surface area contributed by atoms with Gasteiger partial charge in [-0.3, -0.25) is 20.2 Å². The number of nitrogens with zero attached hydrogens (tertiary/aromatic N) is 2. The van der Waals surface area contributed by atoms with Crippen LogP contribution in [0, 0.1) is 5.82 Å². The van der Waals surface area contributed by atoms with Gasteiger partial charge >= 0.3 is 6.03 Å². The Morgan fingerprint density at radius 2 is 1.49 bits per heavy atom. The van der Waals surface area contributed by atoms with Gasteiger partial charge in [0.25, 0.3) is 23.3 Å². The number of aromatic nitrogens is 2. The molecule has 0 aliphatic carbocycles. The number of amides is 4. The van der Waals surface area contributed by atoms with Crippen molar-refractivity contribution >= 4 is 17.8 Å². The molecule has 1 aliphatic rings. The number of imide groups is 2. The molecule has 0 saturated carbocycles. The molecule has 0 radical (unpaired) electrons. The summed E-state index contributed by atoms with van der Waals surface area (Å²) in [6, 6.07) is 18.3. The lowest BCUT2D eigenvalue weighted by Crippen LogP contribution is -2.69. The fraction of sp³-hybridized carbons (Fsp3) is 0.148. The number of barbiturate groups is 1. The lowest BCUT2D eigenvalue weighted by Gasteiger charge is -2.34. The second-order valence-corrected chi connectivity index (χ2v) is 8.41. The molecule has 2 N–H and O–H groups in total. The number of ether oxygens (including phenoxy) is 3. The number of halogens is 1. The number of carbonyl (C=O) groups excluding carboxylic acids is 3. The molecule has 0 bridgehead atoms. The predicted octanol–water partition coefficient (Wildman–Crippen LogP) is 3.86. The van der Waals surface area contributed by atoms with Crippen molar-refractivity contribution in [2.45, 2.75) is 12.0 Å². The molecule has 0 unspecified atom stereocenters. The quantitative estimate of drug-likeness (QED) is 0.307. The number of methoxy groups -OCH3 is 1. The molecule has 4 amide bonds. The van der Waals surface area contributed by atoms with Crippen molar-refractivity contribution in [1.29, 1.82) is 0 Å². The monoisotopic (exact) mass is 532 g/mol. The zero-order valence-corrected chi connectivity index (χ0v) is 20.5. The van der Waals surface area contributed by atoms with Crippen LogP contribution in [-0.2, 0) is 14.3 Å². The van der Waals surface area contributed by atoms with Crippen LogP contribution in [-0.4, -0.2) is 47.3 Å². The van der Waals surface area contributed by atoms with E-state index >= 15 is 0 Å². The lowest BCUT2D eigenvalue weighted by molar-refractivity contribution is -0.153. The van der Waals surface area contributed by atoms with Crippen LogP contribution in [0.25, 0.3) is 22.8 Å². The maximum Gasteiger partial charge on any atom is 0.328 e. The van der Waals surface area contributed by atoms with Gasteiger partial charge in [0.15, 0.2) is 0 Å². The molecular formula is C27H21FN4O7. The van der Waals surface area contributed by atoms with Crippen molar-refractivity contribution in [1.82, 2.24) is 20.8 Å². The molecule has 12 heteroatoms. The maximum absolute atomic E-state index is 14.0. The Morgan fingerprint density at radius 1 is 0.872 bits per heavy atom. The highest BCUT2D eigenvalue weighted by molar-refractivity contribution is 6.21. The van der Waals surface area contributed by atoms with Crippen LogP contribution < -0.4 is 20.1 Å². The summed E-state index contributed by atoms with van der Waals surface area (Å²) in [7, 11) is 1.42. The molecule has 39 heavy (non-hydrogen) atoms. The normalized spacial score (nSPS) is 14.5. The summed E-state index contributed by atoms with van der Waals surface area (Å²) in [4.78, 5) is 40.9. The van der Waals surface area contributed by atoms with Gasteiger partial charge in [0, 0.05) is 19.1 Å². The highest BCUT2D eigenvalue weighted by atomic mass is 19.1. The zero-order valence-electron chi connectivity index (χ0n) is 20.5. The smallest absolute Gasteiger partial charge is 0.328 e. The number of carbonyl (C=O) groups is 3. The van der Waals surface area contributed by atoms with Crippen LogP contribution in [0.5, 0.6) is 17.2 Å². The highest BCUT2D eigenvalue weighted by Crippen LogP contribution is 2.30. The van der Waals surface area contributed by atoms with Gasteiger partial charge < -0.3 is 18.7 Å². The van der Waals surface area contributed by atoms with E-state index in [0.29, 0.717) is 17.1 Å². The fourth-order valence-corrected chi connectivity index (χ4v) is 3.83. The van der Waals surface area contributed by atoms with Gasteiger partial charge in [0.1, 0.15) is 23.1 Å². The highest BCUT2D eigenvalue weighted by Gasteiger charge is 2.52. The summed E-state index contributed by atoms with van der Waals surface area (Å²) in [5.74, 6) is -0.681. The standard InChI is InChI=1S/C27H21FN4O7/c1-36-15-14-27(24(33)30-26(35)31-25(27)34)38-19-12-10-18(11-13-19)37-17-8-6-16(7-9-17)23-29-22(32-39-23)20-4-2-3-5-21(20)28/h2-13H,14-15H2,1H3,(H2,30,31,33,34,35). The van der Waals surface area contributed by atoms with Crippen molar-refractivity contribution in [3.63, 3.8) is 0 Å². The summed E-state index contributed by atoms with van der Waals surface area (Å²) in [6.45, 7) is 0.0419. The van der Waals surface area contributed by atoms with Crippen LogP contribution in [0.3, 0.4) is 0 Å². The third-order valence-corrected chi connectivity index (χ3v) is 5.84. The molecule has 4 aromatic rings. The van der Waals surface area contributed by atoms with Crippen LogP contribution in [0.15, 0.2) is 77.3 Å². The van der Waals surface area contributed by atoms with E-state index < -0.39 is 29.3 Å². The van der Waals surface area contributed by atoms with E-state index in [9.17, 15) is 18.8 Å². The summed E-state index contributed by atoms with van der Waals surface area (Å²) in [6.07, 6.45) is -0.110. The average molecular weight is 532 g/mol. The Labute approximate surface area is 220 Å². The number of nitrogens with one attached hydrogen (secondary N) is 2. The topological polar surface area (TPSA) is 142 Å². The second kappa shape index (κ2) is 10.7. The summed E-state index contributed by atoms with van der Waals surface area (Å²) >= 11 is 0. The van der Waals surface area contributed by atoms with Crippen molar-refractivity contribution in [2.75, 3.05) is 13.7 Å². The number of hydrogen-bond donors (Lipinski definition) is 2. The lowest BCUT2D eigenvalue weighted by atomic mass is 9.95. The average Bonchev–Trinajstić information content (AvgIpc) is 3.42. The van der Waals surface area contributed by atoms with Crippen molar-refractivity contribution in [3.05, 3.63) is 78.6 Å². The second-order valence-electron chi connectivity index (χ2n) is 8.41. The third-order valence-electron chi connectivity index (χ3n) is 5.84. The fourth-order valence-electron chi connectivity index (χ4n) is 3.83. The van der Waals surface area contributed by atoms with Crippen LogP contribution >= 0.6 is 0 Å². The molecule has 0 atom stereocenters. The van der Waals surface area contributed by atoms with E-state index in [-0.39, 0.29) is 36.1 Å². The molecule has 1 aliphatic heterocycles. The molecule has 1 saturated heterocycles. The minimum absolute atomic E-state index is 0.0419. The molecule has 11 nitrogen and oxygen atoms in total. The number of benzene rings is 3. The van der Waals surface area contributed by atoms with E-state index in [1.807, 2.05) is 0 Å². The van der Waals surface area contributed by atoms with Crippen molar-refractivity contribution in [3.8, 4) is 40.1 Å². The number of rotatable bonds is 9. The molecule has 2 heterocycles. The Morgan fingerprint density at radius 3 is 2.13 bits per heavy atom. The summed E-state index contributed by atoms with van der Waals surface area (Å²) in [5.41, 5.74) is -1.11. The molecular weight excluding hydrogens is 511 g/mol. The number of urea groups is 1. The first-order valence-corrected chi connectivity index (χ1v) is 11.7. The molecule has 3 aromatic carbocycles. The molecule has 0 spiro atoms. The van der Waals surface area contributed by atoms with Gasteiger partial charge in [-0.2, -0.15) is 4.98 Å². The first-order chi connectivity index (χ1) is 18.9. The van der Waals surface area contributed by atoms with Gasteiger partial charge in [-0.15, -0.1) is 0 Å². The zero-order chi connectivity index (χ0) is 27.4. The van der Waals surface area contributed by atoms with Gasteiger partial charge in [0.05, 0.1) is 12.2 Å². The first kappa shape index (κ1) is 25.5.